The highest BCUT2D eigenvalue weighted by molar-refractivity contribution is 8.02. The molecule has 4 fully saturated rings. The Labute approximate surface area is 225 Å². The van der Waals surface area contributed by atoms with Gasteiger partial charge in [-0.2, -0.15) is 0 Å². The molecule has 8 unspecified atom stereocenters. The fourth-order valence-electron chi connectivity index (χ4n) is 10.1. The van der Waals surface area contributed by atoms with E-state index < -0.39 is 0 Å². The van der Waals surface area contributed by atoms with Gasteiger partial charge in [0, 0.05) is 9.49 Å². The van der Waals surface area contributed by atoms with Gasteiger partial charge in [-0.15, -0.1) is 11.8 Å². The summed E-state index contributed by atoms with van der Waals surface area (Å²) in [5.41, 5.74) is 0.889. The van der Waals surface area contributed by atoms with E-state index in [9.17, 15) is 0 Å². The Bertz CT molecular complexity index is 624. The fourth-order valence-corrected chi connectivity index (χ4v) is 12.8. The number of hydrogen-bond donors (Lipinski definition) is 0. The molecule has 35 heavy (non-hydrogen) atoms. The smallest absolute Gasteiger partial charge is 0.0222 e. The lowest BCUT2D eigenvalue weighted by molar-refractivity contribution is 0.0334. The van der Waals surface area contributed by atoms with E-state index in [2.05, 4.69) is 67.2 Å². The molecular formula is C34H62S. The van der Waals surface area contributed by atoms with Gasteiger partial charge in [0.25, 0.3) is 0 Å². The van der Waals surface area contributed by atoms with E-state index in [1.165, 1.54) is 103 Å². The van der Waals surface area contributed by atoms with Gasteiger partial charge in [0.15, 0.2) is 0 Å². The molecule has 0 aromatic heterocycles. The maximum Gasteiger partial charge on any atom is 0.0222 e. The van der Waals surface area contributed by atoms with Crippen LogP contribution in [0.3, 0.4) is 0 Å². The van der Waals surface area contributed by atoms with Crippen molar-refractivity contribution in [2.24, 2.45) is 46.3 Å². The molecule has 0 aliphatic heterocycles. The first-order chi connectivity index (χ1) is 16.4. The lowest BCUT2D eigenvalue weighted by Gasteiger charge is -2.62. The summed E-state index contributed by atoms with van der Waals surface area (Å²) in [6, 6.07) is 0. The first-order valence-electron chi connectivity index (χ1n) is 16.1. The van der Waals surface area contributed by atoms with Crippen LogP contribution in [-0.4, -0.2) is 9.49 Å². The Morgan fingerprint density at radius 3 is 1.17 bits per heavy atom. The Morgan fingerprint density at radius 1 is 0.486 bits per heavy atom. The van der Waals surface area contributed by atoms with Crippen LogP contribution in [0.25, 0.3) is 0 Å². The molecule has 0 spiro atoms. The first kappa shape index (κ1) is 28.4. The van der Waals surface area contributed by atoms with E-state index in [1.54, 1.807) is 0 Å². The monoisotopic (exact) mass is 502 g/mol. The zero-order chi connectivity index (χ0) is 25.5. The third-order valence-corrected chi connectivity index (χ3v) is 14.5. The molecule has 0 radical (unpaired) electrons. The summed E-state index contributed by atoms with van der Waals surface area (Å²) < 4.78 is 1.03. The largest absolute Gasteiger partial charge is 0.147 e. The van der Waals surface area contributed by atoms with Crippen LogP contribution in [0.4, 0.5) is 0 Å². The average Bonchev–Trinajstić information content (AvgIpc) is 2.81. The van der Waals surface area contributed by atoms with E-state index in [1.807, 2.05) is 0 Å². The van der Waals surface area contributed by atoms with E-state index in [4.69, 9.17) is 0 Å². The topological polar surface area (TPSA) is 0 Å². The minimum absolute atomic E-state index is 0.444. The molecule has 0 heterocycles. The maximum atomic E-state index is 2.71. The van der Waals surface area contributed by atoms with Crippen LogP contribution in [-0.2, 0) is 0 Å². The molecule has 0 saturated heterocycles. The molecule has 0 aromatic rings. The summed E-state index contributed by atoms with van der Waals surface area (Å²) in [5, 5.41) is 0. The van der Waals surface area contributed by atoms with E-state index >= 15 is 0 Å². The maximum absolute atomic E-state index is 2.71. The van der Waals surface area contributed by atoms with Crippen LogP contribution >= 0.6 is 11.8 Å². The van der Waals surface area contributed by atoms with Crippen LogP contribution in [0, 0.1) is 46.3 Å². The van der Waals surface area contributed by atoms with Crippen molar-refractivity contribution in [1.82, 2.24) is 0 Å². The van der Waals surface area contributed by atoms with Gasteiger partial charge in [-0.05, 0) is 97.7 Å². The van der Waals surface area contributed by atoms with Crippen molar-refractivity contribution in [3.05, 3.63) is 0 Å². The summed E-state index contributed by atoms with van der Waals surface area (Å²) in [6.07, 6.45) is 23.9. The van der Waals surface area contributed by atoms with Crippen LogP contribution in [0.2, 0.25) is 0 Å². The Balaban J connectivity index is 1.80. The highest BCUT2D eigenvalue weighted by Gasteiger charge is 2.59. The standard InChI is InChI=1S/C34H62S/c1-25-17-13-15-23-33(25,29-21-11-9-19-27(29)31(3,4)5)35-34(24-16-14-18-26(34)2)30-22-12-10-20-28(30)32(6,7)8/h25-30H,9-24H2,1-8H3. The zero-order valence-corrected chi connectivity index (χ0v) is 26.0. The molecule has 8 atom stereocenters. The second kappa shape index (κ2) is 10.8. The third-order valence-electron chi connectivity index (χ3n) is 12.0. The minimum Gasteiger partial charge on any atom is -0.147 e. The SMILES string of the molecule is CC1CCCCC1(SC1(C2CCCCC2C(C)(C)C)CCCCC1C)C1CCCCC1C(C)(C)C. The molecule has 4 saturated carbocycles. The van der Waals surface area contributed by atoms with Crippen molar-refractivity contribution in [3.8, 4) is 0 Å². The summed E-state index contributed by atoms with van der Waals surface area (Å²) in [4.78, 5) is 0. The van der Waals surface area contributed by atoms with Crippen LogP contribution in [0.15, 0.2) is 0 Å². The van der Waals surface area contributed by atoms with Gasteiger partial charge < -0.3 is 0 Å². The van der Waals surface area contributed by atoms with E-state index in [0.717, 1.165) is 35.5 Å². The summed E-state index contributed by atoms with van der Waals surface area (Å²) in [6.45, 7) is 20.9. The average molecular weight is 503 g/mol. The van der Waals surface area contributed by atoms with Crippen molar-refractivity contribution < 1.29 is 0 Å². The van der Waals surface area contributed by atoms with Gasteiger partial charge in [0.05, 0.1) is 0 Å². The second-order valence-electron chi connectivity index (χ2n) is 16.0. The number of hydrogen-bond acceptors (Lipinski definition) is 1. The van der Waals surface area contributed by atoms with Crippen molar-refractivity contribution in [2.45, 2.75) is 168 Å². The summed E-state index contributed by atoms with van der Waals surface area (Å²) in [5.74, 6) is 5.45. The summed E-state index contributed by atoms with van der Waals surface area (Å²) >= 11 is 2.71. The Kier molecular flexibility index (Phi) is 8.79. The van der Waals surface area contributed by atoms with Crippen molar-refractivity contribution >= 4 is 11.8 Å². The second-order valence-corrected chi connectivity index (χ2v) is 17.8. The molecule has 0 nitrogen and oxygen atoms in total. The molecule has 0 aromatic carbocycles. The van der Waals surface area contributed by atoms with Crippen molar-refractivity contribution in [3.63, 3.8) is 0 Å². The molecular weight excluding hydrogens is 440 g/mol. The van der Waals surface area contributed by atoms with Gasteiger partial charge in [-0.1, -0.05) is 107 Å². The Morgan fingerprint density at radius 2 is 0.829 bits per heavy atom. The molecule has 1 heteroatoms. The van der Waals surface area contributed by atoms with Crippen LogP contribution < -0.4 is 0 Å². The molecule has 0 amide bonds. The van der Waals surface area contributed by atoms with Crippen LogP contribution in [0.5, 0.6) is 0 Å². The van der Waals surface area contributed by atoms with Gasteiger partial charge >= 0.3 is 0 Å². The predicted molar refractivity (Wildman–Crippen MR) is 158 cm³/mol. The lowest BCUT2D eigenvalue weighted by atomic mass is 9.57. The molecule has 4 aliphatic carbocycles. The Hall–Kier alpha value is 0.350. The van der Waals surface area contributed by atoms with Crippen molar-refractivity contribution in [1.29, 1.82) is 0 Å². The number of thioether (sulfide) groups is 1. The van der Waals surface area contributed by atoms with Crippen molar-refractivity contribution in [2.75, 3.05) is 0 Å². The normalized spacial score (nSPS) is 44.2. The highest BCUT2D eigenvalue weighted by Crippen LogP contribution is 2.67. The van der Waals surface area contributed by atoms with E-state index in [-0.39, 0.29) is 0 Å². The van der Waals surface area contributed by atoms with E-state index in [0.29, 0.717) is 20.3 Å². The highest BCUT2D eigenvalue weighted by atomic mass is 32.2. The van der Waals surface area contributed by atoms with Gasteiger partial charge in [-0.3, -0.25) is 0 Å². The van der Waals surface area contributed by atoms with Gasteiger partial charge in [0.1, 0.15) is 0 Å². The van der Waals surface area contributed by atoms with Gasteiger partial charge in [0.2, 0.25) is 0 Å². The molecule has 0 N–H and O–H groups in total. The van der Waals surface area contributed by atoms with Crippen LogP contribution in [0.1, 0.15) is 158 Å². The molecule has 204 valence electrons. The van der Waals surface area contributed by atoms with Gasteiger partial charge in [-0.25, -0.2) is 0 Å². The molecule has 4 aliphatic rings. The lowest BCUT2D eigenvalue weighted by Crippen LogP contribution is -2.57. The molecule has 0 bridgehead atoms. The minimum atomic E-state index is 0.444. The zero-order valence-electron chi connectivity index (χ0n) is 25.2. The quantitative estimate of drug-likeness (QED) is 0.368. The predicted octanol–water partition coefficient (Wildman–Crippen LogP) is 11.3. The summed E-state index contributed by atoms with van der Waals surface area (Å²) in [7, 11) is 0. The third kappa shape index (κ3) is 5.57. The first-order valence-corrected chi connectivity index (χ1v) is 16.9. The fraction of sp³-hybridized carbons (Fsp3) is 1.00. The molecule has 4 rings (SSSR count). The number of rotatable bonds is 4.